The molecule has 2 rings (SSSR count). The fourth-order valence-corrected chi connectivity index (χ4v) is 2.28. The summed E-state index contributed by atoms with van der Waals surface area (Å²) < 4.78 is 38.1. The summed E-state index contributed by atoms with van der Waals surface area (Å²) in [6.45, 7) is 0. The lowest BCUT2D eigenvalue weighted by Crippen LogP contribution is -2.26. The molecule has 1 aliphatic rings. The minimum Gasteiger partial charge on any atom is -0.207 e. The van der Waals surface area contributed by atoms with Crippen LogP contribution in [0.4, 0.5) is 4.39 Å². The number of hydrogen-bond acceptors (Lipinski definition) is 3. The van der Waals surface area contributed by atoms with E-state index in [0.717, 1.165) is 18.9 Å². The highest BCUT2D eigenvalue weighted by Gasteiger charge is 2.28. The van der Waals surface area contributed by atoms with Crippen molar-refractivity contribution >= 4 is 10.0 Å². The van der Waals surface area contributed by atoms with E-state index in [1.165, 1.54) is 12.1 Å². The number of aromatic nitrogens is 1. The van der Waals surface area contributed by atoms with E-state index in [4.69, 9.17) is 0 Å². The van der Waals surface area contributed by atoms with Gasteiger partial charge >= 0.3 is 0 Å². The highest BCUT2D eigenvalue weighted by Crippen LogP contribution is 2.21. The molecule has 1 aromatic rings. The van der Waals surface area contributed by atoms with Crippen LogP contribution in [0.2, 0.25) is 0 Å². The molecule has 1 aromatic heterocycles. The number of nitrogens with zero attached hydrogens (tertiary/aromatic N) is 1. The summed E-state index contributed by atoms with van der Waals surface area (Å²) in [6, 6.07) is 3.71. The normalized spacial score (nSPS) is 16.9. The summed E-state index contributed by atoms with van der Waals surface area (Å²) in [4.78, 5) is 3.31. The van der Waals surface area contributed by atoms with Gasteiger partial charge < -0.3 is 0 Å². The van der Waals surface area contributed by atoms with E-state index in [9.17, 15) is 12.8 Å². The van der Waals surface area contributed by atoms with Gasteiger partial charge in [0.15, 0.2) is 5.03 Å². The molecule has 14 heavy (non-hydrogen) atoms. The molecule has 0 unspecified atom stereocenters. The fraction of sp³-hybridized carbons (Fsp3) is 0.375. The number of rotatable bonds is 3. The standard InChI is InChI=1S/C8H9FN2O2S/c9-7-2-1-3-8(10-7)14(12,13)11-6-4-5-6/h1-3,6,11H,4-5H2. The Morgan fingerprint density at radius 1 is 1.43 bits per heavy atom. The summed E-state index contributed by atoms with van der Waals surface area (Å²) in [5, 5.41) is -0.260. The van der Waals surface area contributed by atoms with Crippen LogP contribution in [0, 0.1) is 5.95 Å². The average molecular weight is 216 g/mol. The third-order valence-corrected chi connectivity index (χ3v) is 3.29. The smallest absolute Gasteiger partial charge is 0.207 e. The first kappa shape index (κ1) is 9.54. The van der Waals surface area contributed by atoms with Crippen molar-refractivity contribution in [3.8, 4) is 0 Å². The lowest BCUT2D eigenvalue weighted by molar-refractivity contribution is 0.550. The van der Waals surface area contributed by atoms with Crippen molar-refractivity contribution in [3.63, 3.8) is 0 Å². The molecular weight excluding hydrogens is 207 g/mol. The number of sulfonamides is 1. The van der Waals surface area contributed by atoms with Gasteiger partial charge in [-0.05, 0) is 25.0 Å². The average Bonchev–Trinajstić information content (AvgIpc) is 2.87. The minimum atomic E-state index is -3.62. The van der Waals surface area contributed by atoms with Crippen molar-refractivity contribution in [2.24, 2.45) is 0 Å². The lowest BCUT2D eigenvalue weighted by Gasteiger charge is -2.03. The van der Waals surface area contributed by atoms with E-state index in [2.05, 4.69) is 9.71 Å². The maximum atomic E-state index is 12.6. The predicted molar refractivity (Wildman–Crippen MR) is 47.5 cm³/mol. The first-order valence-electron chi connectivity index (χ1n) is 4.23. The van der Waals surface area contributed by atoms with Gasteiger partial charge in [0.2, 0.25) is 5.95 Å². The molecule has 1 heterocycles. The van der Waals surface area contributed by atoms with E-state index in [1.807, 2.05) is 0 Å². The zero-order valence-electron chi connectivity index (χ0n) is 7.27. The molecule has 0 atom stereocenters. The first-order chi connectivity index (χ1) is 6.58. The van der Waals surface area contributed by atoms with Crippen molar-refractivity contribution in [1.29, 1.82) is 0 Å². The second-order valence-electron chi connectivity index (χ2n) is 3.19. The topological polar surface area (TPSA) is 59.1 Å². The largest absolute Gasteiger partial charge is 0.258 e. The molecule has 6 heteroatoms. The Morgan fingerprint density at radius 2 is 2.14 bits per heavy atom. The van der Waals surface area contributed by atoms with Crippen LogP contribution in [-0.4, -0.2) is 19.4 Å². The summed E-state index contributed by atoms with van der Waals surface area (Å²) in [7, 11) is -3.62. The van der Waals surface area contributed by atoms with Gasteiger partial charge in [0.25, 0.3) is 10.0 Å². The molecule has 0 aromatic carbocycles. The van der Waals surface area contributed by atoms with Crippen molar-refractivity contribution in [2.45, 2.75) is 23.9 Å². The van der Waals surface area contributed by atoms with Crippen molar-refractivity contribution in [3.05, 3.63) is 24.1 Å². The van der Waals surface area contributed by atoms with Crippen LogP contribution in [0.25, 0.3) is 0 Å². The van der Waals surface area contributed by atoms with Crippen LogP contribution in [0.5, 0.6) is 0 Å². The maximum Gasteiger partial charge on any atom is 0.258 e. The van der Waals surface area contributed by atoms with Gasteiger partial charge in [-0.3, -0.25) is 0 Å². The van der Waals surface area contributed by atoms with E-state index in [1.54, 1.807) is 0 Å². The Bertz CT molecular complexity index is 442. The molecule has 1 fully saturated rings. The number of hydrogen-bond donors (Lipinski definition) is 1. The third kappa shape index (κ3) is 2.08. The van der Waals surface area contributed by atoms with Gasteiger partial charge in [-0.2, -0.15) is 4.39 Å². The second-order valence-corrected chi connectivity index (χ2v) is 4.85. The summed E-state index contributed by atoms with van der Waals surface area (Å²) in [5.74, 6) is -0.788. The van der Waals surface area contributed by atoms with E-state index < -0.39 is 16.0 Å². The van der Waals surface area contributed by atoms with E-state index in [0.29, 0.717) is 0 Å². The van der Waals surface area contributed by atoms with Crippen LogP contribution in [0.1, 0.15) is 12.8 Å². The van der Waals surface area contributed by atoms with Gasteiger partial charge in [-0.1, -0.05) is 6.07 Å². The quantitative estimate of drug-likeness (QED) is 0.755. The zero-order valence-corrected chi connectivity index (χ0v) is 8.09. The molecule has 1 N–H and O–H groups in total. The minimum absolute atomic E-state index is 0.00469. The van der Waals surface area contributed by atoms with Gasteiger partial charge in [0, 0.05) is 6.04 Å². The zero-order chi connectivity index (χ0) is 10.2. The second kappa shape index (κ2) is 3.29. The van der Waals surface area contributed by atoms with Crippen molar-refractivity contribution in [2.75, 3.05) is 0 Å². The lowest BCUT2D eigenvalue weighted by atomic mass is 10.5. The maximum absolute atomic E-state index is 12.6. The summed E-state index contributed by atoms with van der Waals surface area (Å²) in [5.41, 5.74) is 0. The van der Waals surface area contributed by atoms with Gasteiger partial charge in [-0.25, -0.2) is 18.1 Å². The molecule has 1 aliphatic carbocycles. The molecule has 76 valence electrons. The molecule has 0 bridgehead atoms. The molecule has 1 saturated carbocycles. The highest BCUT2D eigenvalue weighted by molar-refractivity contribution is 7.89. The van der Waals surface area contributed by atoms with Crippen molar-refractivity contribution in [1.82, 2.24) is 9.71 Å². The van der Waals surface area contributed by atoms with Crippen LogP contribution in [0.15, 0.2) is 23.2 Å². The van der Waals surface area contributed by atoms with Gasteiger partial charge in [0.1, 0.15) is 0 Å². The Morgan fingerprint density at radius 3 is 2.71 bits per heavy atom. The summed E-state index contributed by atoms with van der Waals surface area (Å²) >= 11 is 0. The molecule has 0 aliphatic heterocycles. The number of pyridine rings is 1. The van der Waals surface area contributed by atoms with Gasteiger partial charge in [-0.15, -0.1) is 0 Å². The molecule has 0 amide bonds. The monoisotopic (exact) mass is 216 g/mol. The van der Waals surface area contributed by atoms with E-state index in [-0.39, 0.29) is 11.1 Å². The molecule has 4 nitrogen and oxygen atoms in total. The summed E-state index contributed by atoms with van der Waals surface area (Å²) in [6.07, 6.45) is 1.68. The Kier molecular flexibility index (Phi) is 2.24. The number of halogens is 1. The SMILES string of the molecule is O=S(=O)(NC1CC1)c1cccc(F)n1. The van der Waals surface area contributed by atoms with Crippen LogP contribution >= 0.6 is 0 Å². The van der Waals surface area contributed by atoms with Crippen LogP contribution in [-0.2, 0) is 10.0 Å². The van der Waals surface area contributed by atoms with Crippen LogP contribution in [0.3, 0.4) is 0 Å². The highest BCUT2D eigenvalue weighted by atomic mass is 32.2. The van der Waals surface area contributed by atoms with E-state index >= 15 is 0 Å². The fourth-order valence-electron chi connectivity index (χ4n) is 1.02. The van der Waals surface area contributed by atoms with Crippen LogP contribution < -0.4 is 4.72 Å². The molecule has 0 spiro atoms. The Labute approximate surface area is 81.2 Å². The van der Waals surface area contributed by atoms with Crippen molar-refractivity contribution < 1.29 is 12.8 Å². The molecule has 0 radical (unpaired) electrons. The van der Waals surface area contributed by atoms with Gasteiger partial charge in [0.05, 0.1) is 0 Å². The predicted octanol–water partition coefficient (Wildman–Crippen LogP) is 0.661. The molecular formula is C8H9FN2O2S. The number of nitrogens with one attached hydrogen (secondary N) is 1. The Balaban J connectivity index is 2.28. The third-order valence-electron chi connectivity index (χ3n) is 1.86. The first-order valence-corrected chi connectivity index (χ1v) is 5.71. The Hall–Kier alpha value is -1.01. The molecule has 0 saturated heterocycles.